The maximum Gasteiger partial charge on any atom is 0.0241 e. The van der Waals surface area contributed by atoms with Gasteiger partial charge in [0, 0.05) is 11.0 Å². The number of hydrogen-bond acceptors (Lipinski definition) is 2. The summed E-state index contributed by atoms with van der Waals surface area (Å²) < 4.78 is 1.21. The number of benzene rings is 1. The van der Waals surface area contributed by atoms with Gasteiger partial charge in [-0.25, -0.2) is 0 Å². The van der Waals surface area contributed by atoms with E-state index >= 15 is 0 Å². The number of halogens is 1. The fourth-order valence-electron chi connectivity index (χ4n) is 1.86. The Balaban J connectivity index is 2.21. The minimum Gasteiger partial charge on any atom is -0.320 e. The van der Waals surface area contributed by atoms with Gasteiger partial charge in [0.25, 0.3) is 0 Å². The Morgan fingerprint density at radius 2 is 1.94 bits per heavy atom. The van der Waals surface area contributed by atoms with Gasteiger partial charge in [0.1, 0.15) is 0 Å². The van der Waals surface area contributed by atoms with Crippen LogP contribution in [-0.2, 0) is 6.54 Å². The van der Waals surface area contributed by atoms with Crippen molar-refractivity contribution in [1.82, 2.24) is 10.2 Å². The van der Waals surface area contributed by atoms with Gasteiger partial charge in [-0.3, -0.25) is 0 Å². The Hall–Kier alpha value is -0.380. The molecular weight excluding hydrogens is 276 g/mol. The van der Waals surface area contributed by atoms with Gasteiger partial charge < -0.3 is 10.2 Å². The van der Waals surface area contributed by atoms with E-state index in [4.69, 9.17) is 0 Å². The second kappa shape index (κ2) is 8.67. The first-order chi connectivity index (χ1) is 8.24. The molecule has 0 fully saturated rings. The van der Waals surface area contributed by atoms with E-state index in [1.54, 1.807) is 0 Å². The SMILES string of the molecule is CNCCCCCN(C)Cc1ccccc1Br. The molecule has 0 atom stereocenters. The van der Waals surface area contributed by atoms with E-state index in [9.17, 15) is 0 Å². The molecule has 0 aliphatic rings. The highest BCUT2D eigenvalue weighted by Gasteiger charge is 2.02. The minimum atomic E-state index is 1.02. The smallest absolute Gasteiger partial charge is 0.0241 e. The molecule has 96 valence electrons. The summed E-state index contributed by atoms with van der Waals surface area (Å²) in [7, 11) is 4.20. The van der Waals surface area contributed by atoms with Crippen molar-refractivity contribution >= 4 is 15.9 Å². The Bertz CT molecular complexity index is 315. The molecule has 1 N–H and O–H groups in total. The largest absolute Gasteiger partial charge is 0.320 e. The molecule has 1 aromatic rings. The molecule has 0 radical (unpaired) electrons. The lowest BCUT2D eigenvalue weighted by atomic mass is 10.2. The highest BCUT2D eigenvalue weighted by Crippen LogP contribution is 2.17. The molecule has 3 heteroatoms. The second-order valence-corrected chi connectivity index (χ2v) is 5.35. The summed E-state index contributed by atoms with van der Waals surface area (Å²) in [5, 5.41) is 3.18. The lowest BCUT2D eigenvalue weighted by molar-refractivity contribution is 0.316. The van der Waals surface area contributed by atoms with Crippen molar-refractivity contribution < 1.29 is 0 Å². The lowest BCUT2D eigenvalue weighted by Crippen LogP contribution is -2.19. The topological polar surface area (TPSA) is 15.3 Å². The Kier molecular flexibility index (Phi) is 7.49. The van der Waals surface area contributed by atoms with Crippen molar-refractivity contribution in [3.63, 3.8) is 0 Å². The zero-order valence-corrected chi connectivity index (χ0v) is 12.5. The summed E-state index contributed by atoms with van der Waals surface area (Å²) in [5.74, 6) is 0. The van der Waals surface area contributed by atoms with Crippen LogP contribution in [0.15, 0.2) is 28.7 Å². The minimum absolute atomic E-state index is 1.02. The third-order valence-corrected chi connectivity index (χ3v) is 3.64. The predicted octanol–water partition coefficient (Wildman–Crippen LogP) is 3.27. The average Bonchev–Trinajstić information content (AvgIpc) is 2.32. The molecular formula is C14H23BrN2. The van der Waals surface area contributed by atoms with Gasteiger partial charge in [0.15, 0.2) is 0 Å². The fourth-order valence-corrected chi connectivity index (χ4v) is 2.27. The molecule has 0 amide bonds. The zero-order valence-electron chi connectivity index (χ0n) is 10.9. The molecule has 0 aliphatic heterocycles. The highest BCUT2D eigenvalue weighted by molar-refractivity contribution is 9.10. The molecule has 2 nitrogen and oxygen atoms in total. The summed E-state index contributed by atoms with van der Waals surface area (Å²) in [5.41, 5.74) is 1.37. The van der Waals surface area contributed by atoms with E-state index in [1.165, 1.54) is 35.8 Å². The van der Waals surface area contributed by atoms with E-state index < -0.39 is 0 Å². The molecule has 17 heavy (non-hydrogen) atoms. The molecule has 0 spiro atoms. The van der Waals surface area contributed by atoms with Crippen molar-refractivity contribution in [3.05, 3.63) is 34.3 Å². The summed E-state index contributed by atoms with van der Waals surface area (Å²) in [4.78, 5) is 2.39. The molecule has 0 aromatic heterocycles. The molecule has 1 rings (SSSR count). The number of unbranched alkanes of at least 4 members (excludes halogenated alkanes) is 2. The van der Waals surface area contributed by atoms with E-state index in [1.807, 2.05) is 7.05 Å². The molecule has 0 bridgehead atoms. The third kappa shape index (κ3) is 6.20. The van der Waals surface area contributed by atoms with Gasteiger partial charge in [0.2, 0.25) is 0 Å². The van der Waals surface area contributed by atoms with Crippen molar-refractivity contribution in [1.29, 1.82) is 0 Å². The molecule has 0 unspecified atom stereocenters. The van der Waals surface area contributed by atoms with E-state index in [0.717, 1.165) is 13.1 Å². The van der Waals surface area contributed by atoms with Crippen LogP contribution >= 0.6 is 15.9 Å². The molecule has 0 heterocycles. The Morgan fingerprint density at radius 3 is 2.65 bits per heavy atom. The highest BCUT2D eigenvalue weighted by atomic mass is 79.9. The maximum absolute atomic E-state index is 3.59. The number of hydrogen-bond donors (Lipinski definition) is 1. The fraction of sp³-hybridized carbons (Fsp3) is 0.571. The molecule has 0 saturated heterocycles. The van der Waals surface area contributed by atoms with Crippen molar-refractivity contribution in [2.24, 2.45) is 0 Å². The average molecular weight is 299 g/mol. The van der Waals surface area contributed by atoms with Crippen LogP contribution in [0.5, 0.6) is 0 Å². The first kappa shape index (κ1) is 14.7. The van der Waals surface area contributed by atoms with Crippen LogP contribution in [-0.4, -0.2) is 32.1 Å². The summed E-state index contributed by atoms with van der Waals surface area (Å²) >= 11 is 3.59. The first-order valence-electron chi connectivity index (χ1n) is 6.30. The summed E-state index contributed by atoms with van der Waals surface area (Å²) in [6, 6.07) is 8.45. The second-order valence-electron chi connectivity index (χ2n) is 4.49. The van der Waals surface area contributed by atoms with Crippen molar-refractivity contribution in [2.45, 2.75) is 25.8 Å². The molecule has 0 aliphatic carbocycles. The molecule has 1 aromatic carbocycles. The van der Waals surface area contributed by atoms with E-state index in [0.29, 0.717) is 0 Å². The summed E-state index contributed by atoms with van der Waals surface area (Å²) in [6.45, 7) is 3.33. The first-order valence-corrected chi connectivity index (χ1v) is 7.10. The predicted molar refractivity (Wildman–Crippen MR) is 78.3 cm³/mol. The number of nitrogens with zero attached hydrogens (tertiary/aromatic N) is 1. The summed E-state index contributed by atoms with van der Waals surface area (Å²) in [6.07, 6.45) is 3.86. The van der Waals surface area contributed by atoms with Gasteiger partial charge in [-0.05, 0) is 51.7 Å². The Morgan fingerprint density at radius 1 is 1.18 bits per heavy atom. The van der Waals surface area contributed by atoms with Gasteiger partial charge in [0.05, 0.1) is 0 Å². The van der Waals surface area contributed by atoms with Crippen LogP contribution < -0.4 is 5.32 Å². The standard InChI is InChI=1S/C14H23BrN2/c1-16-10-6-3-7-11-17(2)12-13-8-4-5-9-14(13)15/h4-5,8-9,16H,3,6-7,10-12H2,1-2H3. The normalized spacial score (nSPS) is 11.1. The van der Waals surface area contributed by atoms with Gasteiger partial charge in [-0.2, -0.15) is 0 Å². The van der Waals surface area contributed by atoms with Gasteiger partial charge in [-0.15, -0.1) is 0 Å². The van der Waals surface area contributed by atoms with E-state index in [-0.39, 0.29) is 0 Å². The van der Waals surface area contributed by atoms with Crippen LogP contribution in [0.2, 0.25) is 0 Å². The lowest BCUT2D eigenvalue weighted by Gasteiger charge is -2.17. The Labute approximate surface area is 114 Å². The van der Waals surface area contributed by atoms with Crippen LogP contribution in [0.25, 0.3) is 0 Å². The maximum atomic E-state index is 3.59. The van der Waals surface area contributed by atoms with Gasteiger partial charge in [-0.1, -0.05) is 40.5 Å². The van der Waals surface area contributed by atoms with Crippen molar-refractivity contribution in [3.8, 4) is 0 Å². The van der Waals surface area contributed by atoms with Crippen LogP contribution in [0.4, 0.5) is 0 Å². The molecule has 0 saturated carbocycles. The third-order valence-electron chi connectivity index (χ3n) is 2.86. The van der Waals surface area contributed by atoms with Crippen LogP contribution in [0, 0.1) is 0 Å². The number of rotatable bonds is 8. The monoisotopic (exact) mass is 298 g/mol. The van der Waals surface area contributed by atoms with Gasteiger partial charge >= 0.3 is 0 Å². The number of nitrogens with one attached hydrogen (secondary N) is 1. The van der Waals surface area contributed by atoms with E-state index in [2.05, 4.69) is 57.5 Å². The quantitative estimate of drug-likeness (QED) is 0.741. The zero-order chi connectivity index (χ0) is 12.5. The van der Waals surface area contributed by atoms with Crippen molar-refractivity contribution in [2.75, 3.05) is 27.2 Å². The van der Waals surface area contributed by atoms with Crippen LogP contribution in [0.3, 0.4) is 0 Å². The van der Waals surface area contributed by atoms with Crippen LogP contribution in [0.1, 0.15) is 24.8 Å².